The quantitative estimate of drug-likeness (QED) is 0.677. The molecule has 0 amide bonds. The maximum absolute atomic E-state index is 5.57. The van der Waals surface area contributed by atoms with Crippen LogP contribution in [0.4, 0.5) is 5.95 Å². The third kappa shape index (κ3) is 1.99. The molecule has 0 aliphatic rings. The zero-order valence-electron chi connectivity index (χ0n) is 7.36. The third-order valence-corrected chi connectivity index (χ3v) is 1.47. The van der Waals surface area contributed by atoms with Gasteiger partial charge in [-0.3, -0.25) is 4.57 Å². The predicted molar refractivity (Wildman–Crippen MR) is 51.4 cm³/mol. The van der Waals surface area contributed by atoms with Gasteiger partial charge in [0.1, 0.15) is 0 Å². The molecule has 1 heterocycles. The zero-order valence-corrected chi connectivity index (χ0v) is 7.36. The molecule has 0 bridgehead atoms. The summed E-state index contributed by atoms with van der Waals surface area (Å²) in [5.74, 6) is 0.513. The van der Waals surface area contributed by atoms with E-state index in [-0.39, 0.29) is 0 Å². The SMILES string of the molecule is C/C=C/C(C)=C\n1ccnc1N. The van der Waals surface area contributed by atoms with Gasteiger partial charge < -0.3 is 5.73 Å². The van der Waals surface area contributed by atoms with E-state index in [4.69, 9.17) is 5.73 Å². The van der Waals surface area contributed by atoms with Crippen LogP contribution in [0.3, 0.4) is 0 Å². The normalized spacial score (nSPS) is 12.7. The summed E-state index contributed by atoms with van der Waals surface area (Å²) in [5, 5.41) is 0. The van der Waals surface area contributed by atoms with Crippen molar-refractivity contribution in [2.24, 2.45) is 0 Å². The molecule has 0 fully saturated rings. The Balaban J connectivity index is 2.87. The lowest BCUT2D eigenvalue weighted by Crippen LogP contribution is -1.95. The Hall–Kier alpha value is -1.51. The van der Waals surface area contributed by atoms with E-state index in [1.165, 1.54) is 0 Å². The summed E-state index contributed by atoms with van der Waals surface area (Å²) in [6.45, 7) is 3.99. The molecule has 0 saturated carbocycles. The lowest BCUT2D eigenvalue weighted by atomic mass is 10.3. The van der Waals surface area contributed by atoms with E-state index in [9.17, 15) is 0 Å². The van der Waals surface area contributed by atoms with E-state index >= 15 is 0 Å². The molecule has 0 aliphatic heterocycles. The van der Waals surface area contributed by atoms with Crippen LogP contribution in [0, 0.1) is 0 Å². The average Bonchev–Trinajstić information content (AvgIpc) is 2.37. The molecule has 0 unspecified atom stereocenters. The summed E-state index contributed by atoms with van der Waals surface area (Å²) < 4.78 is 1.79. The van der Waals surface area contributed by atoms with Crippen LogP contribution in [0.25, 0.3) is 6.20 Å². The Kier molecular flexibility index (Phi) is 2.69. The lowest BCUT2D eigenvalue weighted by Gasteiger charge is -1.96. The molecule has 0 aromatic carbocycles. The highest BCUT2D eigenvalue weighted by atomic mass is 15.1. The molecule has 0 saturated heterocycles. The summed E-state index contributed by atoms with van der Waals surface area (Å²) in [5.41, 5.74) is 6.71. The standard InChI is InChI=1S/C9H13N3/c1-3-4-8(2)7-12-6-5-11-9(12)10/h3-7H,1-2H3,(H2,10,11)/b4-3+,8-7-. The second-order valence-electron chi connectivity index (χ2n) is 2.57. The average molecular weight is 163 g/mol. The summed E-state index contributed by atoms with van der Waals surface area (Å²) >= 11 is 0. The minimum absolute atomic E-state index is 0.513. The van der Waals surface area contributed by atoms with Crippen LogP contribution < -0.4 is 5.73 Å². The van der Waals surface area contributed by atoms with Gasteiger partial charge >= 0.3 is 0 Å². The van der Waals surface area contributed by atoms with Gasteiger partial charge in [0, 0.05) is 18.6 Å². The molecular weight excluding hydrogens is 150 g/mol. The fourth-order valence-electron chi connectivity index (χ4n) is 0.959. The number of aromatic nitrogens is 2. The molecule has 3 nitrogen and oxygen atoms in total. The van der Waals surface area contributed by atoms with Crippen molar-refractivity contribution >= 4 is 12.1 Å². The van der Waals surface area contributed by atoms with Crippen LogP contribution in [0.5, 0.6) is 0 Å². The molecule has 64 valence electrons. The molecular formula is C9H13N3. The Labute approximate surface area is 72.2 Å². The Bertz CT molecular complexity index is 307. The van der Waals surface area contributed by atoms with Gasteiger partial charge in [0.25, 0.3) is 0 Å². The fourth-order valence-corrected chi connectivity index (χ4v) is 0.959. The zero-order chi connectivity index (χ0) is 8.97. The highest BCUT2D eigenvalue weighted by Crippen LogP contribution is 2.03. The smallest absolute Gasteiger partial charge is 0.204 e. The summed E-state index contributed by atoms with van der Waals surface area (Å²) in [7, 11) is 0. The first kappa shape index (κ1) is 8.59. The summed E-state index contributed by atoms with van der Waals surface area (Å²) in [4.78, 5) is 3.90. The largest absolute Gasteiger partial charge is 0.369 e. The van der Waals surface area contributed by atoms with E-state index in [2.05, 4.69) is 4.98 Å². The van der Waals surface area contributed by atoms with Crippen molar-refractivity contribution in [3.63, 3.8) is 0 Å². The maximum atomic E-state index is 5.57. The van der Waals surface area contributed by atoms with Crippen LogP contribution >= 0.6 is 0 Å². The van der Waals surface area contributed by atoms with Gasteiger partial charge in [0.2, 0.25) is 5.95 Å². The molecule has 0 spiro atoms. The number of nitrogens with zero attached hydrogens (tertiary/aromatic N) is 2. The molecule has 2 N–H and O–H groups in total. The van der Waals surface area contributed by atoms with Crippen LogP contribution in [0.1, 0.15) is 13.8 Å². The monoisotopic (exact) mass is 163 g/mol. The van der Waals surface area contributed by atoms with Crippen LogP contribution in [0.2, 0.25) is 0 Å². The predicted octanol–water partition coefficient (Wildman–Crippen LogP) is 1.90. The van der Waals surface area contributed by atoms with E-state index in [0.29, 0.717) is 5.95 Å². The summed E-state index contributed by atoms with van der Waals surface area (Å²) in [6.07, 6.45) is 9.43. The molecule has 12 heavy (non-hydrogen) atoms. The number of nitrogen functional groups attached to an aromatic ring is 1. The third-order valence-electron chi connectivity index (χ3n) is 1.47. The van der Waals surface area contributed by atoms with Gasteiger partial charge in [-0.05, 0) is 19.4 Å². The fraction of sp³-hybridized carbons (Fsp3) is 0.222. The number of nitrogens with two attached hydrogens (primary N) is 1. The van der Waals surface area contributed by atoms with Crippen molar-refractivity contribution in [3.05, 3.63) is 30.1 Å². The van der Waals surface area contributed by atoms with Gasteiger partial charge in [-0.25, -0.2) is 4.98 Å². The number of allylic oxidation sites excluding steroid dienone is 3. The van der Waals surface area contributed by atoms with Crippen molar-refractivity contribution < 1.29 is 0 Å². The number of rotatable bonds is 2. The van der Waals surface area contributed by atoms with E-state index in [1.807, 2.05) is 38.4 Å². The first-order valence-corrected chi connectivity index (χ1v) is 3.83. The molecule has 0 radical (unpaired) electrons. The number of hydrogen-bond donors (Lipinski definition) is 1. The van der Waals surface area contributed by atoms with E-state index in [0.717, 1.165) is 5.57 Å². The van der Waals surface area contributed by atoms with E-state index < -0.39 is 0 Å². The van der Waals surface area contributed by atoms with Crippen LogP contribution in [0.15, 0.2) is 30.1 Å². The number of anilines is 1. The van der Waals surface area contributed by atoms with Crippen LogP contribution in [-0.2, 0) is 0 Å². The maximum Gasteiger partial charge on any atom is 0.204 e. The van der Waals surface area contributed by atoms with Gasteiger partial charge in [-0.2, -0.15) is 0 Å². The molecule has 1 aromatic heterocycles. The Morgan fingerprint density at radius 2 is 2.42 bits per heavy atom. The molecule has 1 aromatic rings. The molecule has 3 heteroatoms. The van der Waals surface area contributed by atoms with Gasteiger partial charge in [0.15, 0.2) is 0 Å². The Morgan fingerprint density at radius 1 is 1.67 bits per heavy atom. The minimum Gasteiger partial charge on any atom is -0.369 e. The Morgan fingerprint density at radius 3 is 2.92 bits per heavy atom. The molecule has 0 aliphatic carbocycles. The van der Waals surface area contributed by atoms with Crippen LogP contribution in [-0.4, -0.2) is 9.55 Å². The lowest BCUT2D eigenvalue weighted by molar-refractivity contribution is 1.14. The second-order valence-corrected chi connectivity index (χ2v) is 2.57. The van der Waals surface area contributed by atoms with Crippen molar-refractivity contribution in [2.75, 3.05) is 5.73 Å². The highest BCUT2D eigenvalue weighted by molar-refractivity contribution is 5.42. The van der Waals surface area contributed by atoms with Crippen molar-refractivity contribution in [1.29, 1.82) is 0 Å². The summed E-state index contributed by atoms with van der Waals surface area (Å²) in [6, 6.07) is 0. The van der Waals surface area contributed by atoms with Crippen molar-refractivity contribution in [1.82, 2.24) is 9.55 Å². The van der Waals surface area contributed by atoms with Gasteiger partial charge in [0.05, 0.1) is 0 Å². The number of hydrogen-bond acceptors (Lipinski definition) is 2. The first-order chi connectivity index (χ1) is 5.74. The number of imidazole rings is 1. The minimum atomic E-state index is 0.513. The molecule has 0 atom stereocenters. The van der Waals surface area contributed by atoms with Gasteiger partial charge in [-0.15, -0.1) is 0 Å². The van der Waals surface area contributed by atoms with Crippen molar-refractivity contribution in [2.45, 2.75) is 13.8 Å². The molecule has 1 rings (SSSR count). The van der Waals surface area contributed by atoms with E-state index in [1.54, 1.807) is 10.8 Å². The second kappa shape index (κ2) is 3.76. The topological polar surface area (TPSA) is 43.8 Å². The van der Waals surface area contributed by atoms with Crippen molar-refractivity contribution in [3.8, 4) is 0 Å². The highest BCUT2D eigenvalue weighted by Gasteiger charge is 1.91. The first-order valence-electron chi connectivity index (χ1n) is 3.83. The van der Waals surface area contributed by atoms with Gasteiger partial charge in [-0.1, -0.05) is 12.2 Å².